The molecule has 0 bridgehead atoms. The van der Waals surface area contributed by atoms with E-state index >= 15 is 0 Å². The van der Waals surface area contributed by atoms with E-state index in [0.717, 1.165) is 17.1 Å². The van der Waals surface area contributed by atoms with E-state index in [1.54, 1.807) is 6.20 Å². The molecule has 4 rings (SSSR count). The number of aromatic nitrogens is 2. The van der Waals surface area contributed by atoms with E-state index in [0.29, 0.717) is 16.7 Å². The Labute approximate surface area is 162 Å². The van der Waals surface area contributed by atoms with Crippen LogP contribution in [0.5, 0.6) is 0 Å². The molecule has 0 saturated heterocycles. The van der Waals surface area contributed by atoms with E-state index in [-0.39, 0.29) is 16.8 Å². The minimum Gasteiger partial charge on any atom is -0.341 e. The summed E-state index contributed by atoms with van der Waals surface area (Å²) >= 11 is 0. The van der Waals surface area contributed by atoms with Crippen molar-refractivity contribution in [3.05, 3.63) is 94.4 Å². The van der Waals surface area contributed by atoms with Gasteiger partial charge in [-0.1, -0.05) is 36.4 Å². The fourth-order valence-electron chi connectivity index (χ4n) is 3.33. The van der Waals surface area contributed by atoms with E-state index in [1.807, 2.05) is 78.2 Å². The molecule has 0 atom stereocenters. The molecule has 28 heavy (non-hydrogen) atoms. The first-order valence-electron chi connectivity index (χ1n) is 9.00. The summed E-state index contributed by atoms with van der Waals surface area (Å²) in [5.74, 6) is 0.156. The number of nitrogens with one attached hydrogen (secondary N) is 1. The summed E-state index contributed by atoms with van der Waals surface area (Å²) in [5, 5.41) is 3.71. The number of fused-ring (bicyclic) bond motifs is 1. The van der Waals surface area contributed by atoms with Crippen LogP contribution in [0, 0.1) is 6.92 Å². The van der Waals surface area contributed by atoms with Crippen molar-refractivity contribution in [1.29, 1.82) is 0 Å². The largest absolute Gasteiger partial charge is 0.341 e. The van der Waals surface area contributed by atoms with Crippen LogP contribution in [0.15, 0.2) is 77.7 Å². The van der Waals surface area contributed by atoms with Gasteiger partial charge in [-0.05, 0) is 44.2 Å². The molecular weight excluding hydrogens is 350 g/mol. The molecular formula is C23H19N3O2. The van der Waals surface area contributed by atoms with Gasteiger partial charge >= 0.3 is 0 Å². The molecule has 2 heterocycles. The highest BCUT2D eigenvalue weighted by molar-refractivity contribution is 6.03. The molecule has 4 aromatic rings. The molecule has 0 unspecified atom stereocenters. The van der Waals surface area contributed by atoms with Crippen LogP contribution in [0.25, 0.3) is 16.6 Å². The molecule has 138 valence electrons. The van der Waals surface area contributed by atoms with Gasteiger partial charge in [-0.25, -0.2) is 0 Å². The molecule has 0 aliphatic heterocycles. The zero-order valence-corrected chi connectivity index (χ0v) is 15.6. The highest BCUT2D eigenvalue weighted by atomic mass is 16.1. The van der Waals surface area contributed by atoms with Gasteiger partial charge in [-0.3, -0.25) is 19.1 Å². The zero-order valence-electron chi connectivity index (χ0n) is 15.6. The Morgan fingerprint density at radius 1 is 1.00 bits per heavy atom. The van der Waals surface area contributed by atoms with Crippen LogP contribution in [0.3, 0.4) is 0 Å². The Balaban J connectivity index is 2.16. The number of carbonyl (C=O) groups is 1. The first-order valence-corrected chi connectivity index (χ1v) is 9.00. The van der Waals surface area contributed by atoms with Gasteiger partial charge in [0.1, 0.15) is 11.4 Å². The minimum atomic E-state index is -0.319. The van der Waals surface area contributed by atoms with Crippen LogP contribution < -0.4 is 10.7 Å². The number of Topliss-reactive ketones (excluding diaryl/α,β-unsaturated/α-hetero) is 1. The van der Waals surface area contributed by atoms with Crippen molar-refractivity contribution in [3.63, 3.8) is 0 Å². The second-order valence-corrected chi connectivity index (χ2v) is 6.61. The number of hydrogen-bond acceptors (Lipinski definition) is 4. The van der Waals surface area contributed by atoms with Crippen molar-refractivity contribution in [2.24, 2.45) is 0 Å². The summed E-state index contributed by atoms with van der Waals surface area (Å²) in [7, 11) is 0. The summed E-state index contributed by atoms with van der Waals surface area (Å²) in [4.78, 5) is 29.9. The lowest BCUT2D eigenvalue weighted by Gasteiger charge is -2.21. The van der Waals surface area contributed by atoms with Crippen LogP contribution in [-0.2, 0) is 0 Å². The van der Waals surface area contributed by atoms with Gasteiger partial charge in [-0.15, -0.1) is 0 Å². The summed E-state index contributed by atoms with van der Waals surface area (Å²) in [6, 6.07) is 21.0. The number of anilines is 2. The number of nitrogens with zero attached hydrogens (tertiary/aromatic N) is 2. The zero-order chi connectivity index (χ0) is 19.7. The molecule has 0 aliphatic rings. The maximum atomic E-state index is 13.2. The number of hydrogen-bond donors (Lipinski definition) is 1. The molecule has 1 N–H and O–H groups in total. The Morgan fingerprint density at radius 2 is 1.64 bits per heavy atom. The molecule has 2 aromatic carbocycles. The van der Waals surface area contributed by atoms with E-state index < -0.39 is 0 Å². The summed E-state index contributed by atoms with van der Waals surface area (Å²) < 4.78 is 1.91. The average Bonchev–Trinajstić information content (AvgIpc) is 2.69. The first-order chi connectivity index (χ1) is 13.6. The second kappa shape index (κ2) is 7.12. The average molecular weight is 369 g/mol. The Morgan fingerprint density at radius 3 is 2.29 bits per heavy atom. The number of pyridine rings is 2. The van der Waals surface area contributed by atoms with E-state index in [4.69, 9.17) is 0 Å². The maximum Gasteiger partial charge on any atom is 0.203 e. The predicted octanol–water partition coefficient (Wildman–Crippen LogP) is 4.64. The van der Waals surface area contributed by atoms with Crippen LogP contribution in [0.2, 0.25) is 0 Å². The maximum absolute atomic E-state index is 13.2. The van der Waals surface area contributed by atoms with Crippen LogP contribution in [0.4, 0.5) is 11.5 Å². The van der Waals surface area contributed by atoms with Gasteiger partial charge in [0, 0.05) is 23.3 Å². The van der Waals surface area contributed by atoms with Crippen molar-refractivity contribution in [3.8, 4) is 5.69 Å². The lowest BCUT2D eigenvalue weighted by Crippen LogP contribution is -2.22. The predicted molar refractivity (Wildman–Crippen MR) is 112 cm³/mol. The van der Waals surface area contributed by atoms with Gasteiger partial charge < -0.3 is 5.32 Å². The highest BCUT2D eigenvalue weighted by Crippen LogP contribution is 2.28. The third-order valence-electron chi connectivity index (χ3n) is 4.59. The molecule has 0 fully saturated rings. The minimum absolute atomic E-state index is 0.117. The van der Waals surface area contributed by atoms with Crippen LogP contribution >= 0.6 is 0 Å². The first kappa shape index (κ1) is 17.7. The Hall–Kier alpha value is -3.73. The normalized spacial score (nSPS) is 10.8. The number of aryl methyl sites for hydroxylation is 1. The van der Waals surface area contributed by atoms with E-state index in [9.17, 15) is 9.59 Å². The van der Waals surface area contributed by atoms with Crippen molar-refractivity contribution in [2.75, 3.05) is 5.32 Å². The van der Waals surface area contributed by atoms with Crippen molar-refractivity contribution in [1.82, 2.24) is 9.55 Å². The van der Waals surface area contributed by atoms with Gasteiger partial charge in [0.25, 0.3) is 0 Å². The third-order valence-corrected chi connectivity index (χ3v) is 4.59. The number of rotatable bonds is 4. The lowest BCUT2D eigenvalue weighted by molar-refractivity contribution is 0.101. The summed E-state index contributed by atoms with van der Waals surface area (Å²) in [6.07, 6.45) is 1.55. The second-order valence-electron chi connectivity index (χ2n) is 6.61. The van der Waals surface area contributed by atoms with Crippen LogP contribution in [0.1, 0.15) is 23.0 Å². The van der Waals surface area contributed by atoms with Gasteiger partial charge in [0.15, 0.2) is 5.78 Å². The number of para-hydroxylation sites is 2. The number of benzene rings is 2. The van der Waals surface area contributed by atoms with E-state index in [2.05, 4.69) is 10.3 Å². The standard InChI is InChI=1S/C23H19N3O2/c1-15-13-20-19(14-24-15)22(28)21(16(2)27)23(25-17-9-5-3-6-10-17)26(20)18-11-7-4-8-12-18/h3-14,25H,1-2H3. The van der Waals surface area contributed by atoms with Gasteiger partial charge in [0.2, 0.25) is 5.43 Å². The van der Waals surface area contributed by atoms with E-state index in [1.165, 1.54) is 6.92 Å². The molecule has 0 saturated carbocycles. The quantitative estimate of drug-likeness (QED) is 0.532. The molecule has 0 amide bonds. The summed E-state index contributed by atoms with van der Waals surface area (Å²) in [6.45, 7) is 3.29. The smallest absolute Gasteiger partial charge is 0.203 e. The van der Waals surface area contributed by atoms with Crippen molar-refractivity contribution >= 4 is 28.2 Å². The number of carbonyl (C=O) groups excluding carboxylic acids is 1. The molecule has 0 radical (unpaired) electrons. The van der Waals surface area contributed by atoms with Crippen LogP contribution in [-0.4, -0.2) is 15.3 Å². The van der Waals surface area contributed by atoms with Crippen molar-refractivity contribution < 1.29 is 4.79 Å². The molecule has 0 aliphatic carbocycles. The lowest BCUT2D eigenvalue weighted by atomic mass is 10.1. The summed E-state index contributed by atoms with van der Waals surface area (Å²) in [5.41, 5.74) is 2.93. The monoisotopic (exact) mass is 369 g/mol. The Kier molecular flexibility index (Phi) is 4.49. The SMILES string of the molecule is CC(=O)c1c(Nc2ccccc2)n(-c2ccccc2)c2cc(C)ncc2c1=O. The fraction of sp³-hybridized carbons (Fsp3) is 0.0870. The number of ketones is 1. The Bertz CT molecular complexity index is 1230. The topological polar surface area (TPSA) is 64.0 Å². The molecule has 5 nitrogen and oxygen atoms in total. The fourth-order valence-corrected chi connectivity index (χ4v) is 3.33. The molecule has 5 heteroatoms. The molecule has 2 aromatic heterocycles. The van der Waals surface area contributed by atoms with Gasteiger partial charge in [0.05, 0.1) is 10.9 Å². The highest BCUT2D eigenvalue weighted by Gasteiger charge is 2.21. The van der Waals surface area contributed by atoms with Gasteiger partial charge in [-0.2, -0.15) is 0 Å². The molecule has 0 spiro atoms. The third kappa shape index (κ3) is 3.07. The van der Waals surface area contributed by atoms with Crippen molar-refractivity contribution in [2.45, 2.75) is 13.8 Å².